The second-order valence-corrected chi connectivity index (χ2v) is 4.72. The fourth-order valence-corrected chi connectivity index (χ4v) is 2.35. The van der Waals surface area contributed by atoms with Crippen LogP contribution in [0.4, 0.5) is 0 Å². The summed E-state index contributed by atoms with van der Waals surface area (Å²) in [5.74, 6) is 0. The molecule has 0 spiro atoms. The molecule has 1 fully saturated rings. The zero-order valence-corrected chi connectivity index (χ0v) is 10.8. The van der Waals surface area contributed by atoms with Gasteiger partial charge >= 0.3 is 0 Å². The molecule has 1 saturated heterocycles. The number of hydrogen-bond acceptors (Lipinski definition) is 4. The first kappa shape index (κ1) is 12.5. The highest BCUT2D eigenvalue weighted by Gasteiger charge is 2.23. The van der Waals surface area contributed by atoms with Crippen molar-refractivity contribution >= 4 is 0 Å². The summed E-state index contributed by atoms with van der Waals surface area (Å²) in [5, 5.41) is 4.34. The van der Waals surface area contributed by atoms with Gasteiger partial charge in [-0.3, -0.25) is 9.58 Å². The molecule has 96 valence electrons. The molecule has 2 rings (SSSR count). The first-order valence-corrected chi connectivity index (χ1v) is 6.39. The molecular formula is C12H23N5. The maximum Gasteiger partial charge on any atom is 0.0538 e. The number of hydrogen-bond donors (Lipinski definition) is 1. The third kappa shape index (κ3) is 2.86. The van der Waals surface area contributed by atoms with Crippen LogP contribution in [0.1, 0.15) is 18.5 Å². The van der Waals surface area contributed by atoms with Crippen LogP contribution in [0, 0.1) is 0 Å². The minimum atomic E-state index is 0.323. The normalized spacial score (nSPS) is 20.6. The molecule has 1 atom stereocenters. The van der Waals surface area contributed by atoms with E-state index in [2.05, 4.69) is 35.1 Å². The summed E-state index contributed by atoms with van der Waals surface area (Å²) in [6.07, 6.45) is 4.08. The SMILES string of the molecule is CCn1cc(C(CN)N2CCN(C)CC2)cn1. The summed E-state index contributed by atoms with van der Waals surface area (Å²) >= 11 is 0. The Hall–Kier alpha value is -0.910. The van der Waals surface area contributed by atoms with Crippen molar-refractivity contribution in [3.8, 4) is 0 Å². The maximum absolute atomic E-state index is 5.93. The fourth-order valence-electron chi connectivity index (χ4n) is 2.35. The average Bonchev–Trinajstić information content (AvgIpc) is 2.81. The molecule has 0 aliphatic carbocycles. The van der Waals surface area contributed by atoms with Crippen LogP contribution in [0.3, 0.4) is 0 Å². The van der Waals surface area contributed by atoms with Crippen molar-refractivity contribution in [2.75, 3.05) is 39.8 Å². The van der Waals surface area contributed by atoms with Gasteiger partial charge in [0.2, 0.25) is 0 Å². The fraction of sp³-hybridized carbons (Fsp3) is 0.750. The number of likely N-dealkylation sites (N-methyl/N-ethyl adjacent to an activating group) is 1. The number of piperazine rings is 1. The summed E-state index contributed by atoms with van der Waals surface area (Å²) in [4.78, 5) is 4.83. The molecular weight excluding hydrogens is 214 g/mol. The number of rotatable bonds is 4. The van der Waals surface area contributed by atoms with Crippen LogP contribution in [0.2, 0.25) is 0 Å². The van der Waals surface area contributed by atoms with Crippen molar-refractivity contribution in [3.63, 3.8) is 0 Å². The Labute approximate surface area is 103 Å². The van der Waals surface area contributed by atoms with Crippen LogP contribution in [0.15, 0.2) is 12.4 Å². The van der Waals surface area contributed by atoms with E-state index < -0.39 is 0 Å². The molecule has 1 aromatic heterocycles. The molecule has 0 aromatic carbocycles. The Kier molecular flexibility index (Phi) is 4.15. The monoisotopic (exact) mass is 237 g/mol. The van der Waals surface area contributed by atoms with Gasteiger partial charge in [0.1, 0.15) is 0 Å². The maximum atomic E-state index is 5.93. The number of nitrogens with zero attached hydrogens (tertiary/aromatic N) is 4. The largest absolute Gasteiger partial charge is 0.329 e. The molecule has 0 radical (unpaired) electrons. The zero-order valence-electron chi connectivity index (χ0n) is 10.8. The first-order chi connectivity index (χ1) is 8.24. The number of aryl methyl sites for hydroxylation is 1. The van der Waals surface area contributed by atoms with Crippen LogP contribution in [-0.4, -0.2) is 59.4 Å². The molecule has 5 nitrogen and oxygen atoms in total. The molecule has 1 aromatic rings. The van der Waals surface area contributed by atoms with Gasteiger partial charge in [0, 0.05) is 51.0 Å². The van der Waals surface area contributed by atoms with Gasteiger partial charge in [-0.25, -0.2) is 0 Å². The Bertz CT molecular complexity index is 340. The van der Waals surface area contributed by atoms with Gasteiger partial charge in [0.25, 0.3) is 0 Å². The Morgan fingerprint density at radius 1 is 1.35 bits per heavy atom. The summed E-state index contributed by atoms with van der Waals surface area (Å²) in [6, 6.07) is 0.323. The highest BCUT2D eigenvalue weighted by Crippen LogP contribution is 2.20. The number of nitrogens with two attached hydrogens (primary N) is 1. The van der Waals surface area contributed by atoms with Crippen LogP contribution in [0.5, 0.6) is 0 Å². The van der Waals surface area contributed by atoms with E-state index in [1.54, 1.807) is 0 Å². The molecule has 0 amide bonds. The second-order valence-electron chi connectivity index (χ2n) is 4.72. The topological polar surface area (TPSA) is 50.3 Å². The van der Waals surface area contributed by atoms with E-state index in [4.69, 9.17) is 5.73 Å². The Morgan fingerprint density at radius 2 is 2.06 bits per heavy atom. The van der Waals surface area contributed by atoms with E-state index in [0.29, 0.717) is 12.6 Å². The smallest absolute Gasteiger partial charge is 0.0538 e. The zero-order chi connectivity index (χ0) is 12.3. The van der Waals surface area contributed by atoms with Gasteiger partial charge < -0.3 is 10.6 Å². The highest BCUT2D eigenvalue weighted by atomic mass is 15.3. The summed E-state index contributed by atoms with van der Waals surface area (Å²) in [5.41, 5.74) is 7.18. The number of aromatic nitrogens is 2. The van der Waals surface area contributed by atoms with E-state index in [1.165, 1.54) is 5.56 Å². The molecule has 5 heteroatoms. The van der Waals surface area contributed by atoms with Crippen molar-refractivity contribution in [2.45, 2.75) is 19.5 Å². The molecule has 2 heterocycles. The van der Waals surface area contributed by atoms with E-state index in [0.717, 1.165) is 32.7 Å². The van der Waals surface area contributed by atoms with Crippen LogP contribution in [0.25, 0.3) is 0 Å². The third-order valence-corrected chi connectivity index (χ3v) is 3.56. The van der Waals surface area contributed by atoms with Gasteiger partial charge in [0.05, 0.1) is 12.2 Å². The predicted octanol–water partition coefficient (Wildman–Crippen LogP) is 0.150. The Morgan fingerprint density at radius 3 is 2.59 bits per heavy atom. The lowest BCUT2D eigenvalue weighted by molar-refractivity contribution is 0.114. The van der Waals surface area contributed by atoms with Crippen LogP contribution in [-0.2, 0) is 6.54 Å². The summed E-state index contributed by atoms with van der Waals surface area (Å²) in [6.45, 7) is 8.12. The minimum absolute atomic E-state index is 0.323. The second kappa shape index (κ2) is 5.62. The van der Waals surface area contributed by atoms with Gasteiger partial charge in [-0.2, -0.15) is 5.10 Å². The van der Waals surface area contributed by atoms with Crippen molar-refractivity contribution in [3.05, 3.63) is 18.0 Å². The van der Waals surface area contributed by atoms with Crippen molar-refractivity contribution in [1.29, 1.82) is 0 Å². The van der Waals surface area contributed by atoms with E-state index >= 15 is 0 Å². The summed E-state index contributed by atoms with van der Waals surface area (Å²) < 4.78 is 1.97. The van der Waals surface area contributed by atoms with Gasteiger partial charge in [-0.05, 0) is 14.0 Å². The van der Waals surface area contributed by atoms with Gasteiger partial charge in [-0.15, -0.1) is 0 Å². The average molecular weight is 237 g/mol. The quantitative estimate of drug-likeness (QED) is 0.810. The van der Waals surface area contributed by atoms with Gasteiger partial charge in [0.15, 0.2) is 0 Å². The van der Waals surface area contributed by atoms with Crippen molar-refractivity contribution < 1.29 is 0 Å². The Balaban J connectivity index is 2.05. The molecule has 1 aliphatic heterocycles. The minimum Gasteiger partial charge on any atom is -0.329 e. The standard InChI is InChI=1S/C12H23N5/c1-3-17-10-11(9-14-17)12(8-13)16-6-4-15(2)5-7-16/h9-10,12H,3-8,13H2,1-2H3. The molecule has 17 heavy (non-hydrogen) atoms. The van der Waals surface area contributed by atoms with Crippen molar-refractivity contribution in [2.24, 2.45) is 5.73 Å². The highest BCUT2D eigenvalue weighted by molar-refractivity contribution is 5.11. The molecule has 0 saturated carbocycles. The lowest BCUT2D eigenvalue weighted by Crippen LogP contribution is -2.47. The van der Waals surface area contributed by atoms with E-state index in [1.807, 2.05) is 10.9 Å². The molecule has 1 unspecified atom stereocenters. The molecule has 1 aliphatic rings. The predicted molar refractivity (Wildman–Crippen MR) is 68.8 cm³/mol. The van der Waals surface area contributed by atoms with Gasteiger partial charge in [-0.1, -0.05) is 0 Å². The first-order valence-electron chi connectivity index (χ1n) is 6.39. The van der Waals surface area contributed by atoms with Crippen LogP contribution < -0.4 is 5.73 Å². The lowest BCUT2D eigenvalue weighted by atomic mass is 10.1. The molecule has 2 N–H and O–H groups in total. The molecule has 0 bridgehead atoms. The van der Waals surface area contributed by atoms with Crippen molar-refractivity contribution in [1.82, 2.24) is 19.6 Å². The summed E-state index contributed by atoms with van der Waals surface area (Å²) in [7, 11) is 2.17. The lowest BCUT2D eigenvalue weighted by Gasteiger charge is -2.37. The van der Waals surface area contributed by atoms with E-state index in [9.17, 15) is 0 Å². The van der Waals surface area contributed by atoms with Crippen LogP contribution >= 0.6 is 0 Å². The van der Waals surface area contributed by atoms with E-state index in [-0.39, 0.29) is 0 Å². The third-order valence-electron chi connectivity index (χ3n) is 3.56.